The van der Waals surface area contributed by atoms with Crippen molar-refractivity contribution >= 4 is 23.5 Å². The number of hydrogen-bond donors (Lipinski definition) is 3. The van der Waals surface area contributed by atoms with Crippen molar-refractivity contribution in [2.45, 2.75) is 32.0 Å². The molecule has 138 valence electrons. The molecule has 2 fully saturated rings. The second-order valence-electron chi connectivity index (χ2n) is 6.38. The molecule has 2 aliphatic rings. The molecule has 3 N–H and O–H groups in total. The Morgan fingerprint density at radius 3 is 2.42 bits per heavy atom. The predicted molar refractivity (Wildman–Crippen MR) is 86.0 cm³/mol. The summed E-state index contributed by atoms with van der Waals surface area (Å²) in [6.07, 6.45) is 0.239. The molecule has 2 saturated heterocycles. The molecule has 2 heterocycles. The molecule has 2 aliphatic heterocycles. The quantitative estimate of drug-likeness (QED) is 0.522. The van der Waals surface area contributed by atoms with Crippen LogP contribution in [0.3, 0.4) is 0 Å². The van der Waals surface area contributed by atoms with Crippen LogP contribution >= 0.6 is 0 Å². The van der Waals surface area contributed by atoms with Crippen LogP contribution in [0.4, 0.5) is 5.69 Å². The van der Waals surface area contributed by atoms with Crippen LogP contribution in [-0.4, -0.2) is 40.0 Å². The van der Waals surface area contributed by atoms with E-state index in [9.17, 15) is 29.6 Å². The van der Waals surface area contributed by atoms with E-state index >= 15 is 0 Å². The summed E-state index contributed by atoms with van der Waals surface area (Å²) < 4.78 is 5.50. The number of nitrogens with zero attached hydrogens (tertiary/aromatic N) is 1. The summed E-state index contributed by atoms with van der Waals surface area (Å²) in [5.74, 6) is -4.20. The normalized spacial score (nSPS) is 26.3. The first-order valence-electron chi connectivity index (χ1n) is 8.03. The van der Waals surface area contributed by atoms with Crippen molar-refractivity contribution in [1.29, 1.82) is 0 Å². The fourth-order valence-corrected chi connectivity index (χ4v) is 3.60. The number of nitro groups is 1. The Hall–Kier alpha value is -3.01. The highest BCUT2D eigenvalue weighted by Gasteiger charge is 2.55. The summed E-state index contributed by atoms with van der Waals surface area (Å²) >= 11 is 0. The van der Waals surface area contributed by atoms with Gasteiger partial charge in [0.2, 0.25) is 5.91 Å². The number of rotatable bonds is 4. The summed E-state index contributed by atoms with van der Waals surface area (Å²) in [6.45, 7) is 1.50. The topological polar surface area (TPSA) is 148 Å². The number of benzene rings is 1. The first-order chi connectivity index (χ1) is 12.3. The number of hydrogen-bond acceptors (Lipinski definition) is 6. The number of aliphatic carboxylic acids is 1. The summed E-state index contributed by atoms with van der Waals surface area (Å²) in [5, 5.41) is 20.1. The number of hydrazine groups is 1. The van der Waals surface area contributed by atoms with Gasteiger partial charge in [0.25, 0.3) is 11.6 Å². The number of aryl methyl sites for hydroxylation is 1. The molecule has 4 unspecified atom stereocenters. The van der Waals surface area contributed by atoms with Crippen molar-refractivity contribution in [2.75, 3.05) is 0 Å². The molecule has 0 aliphatic carbocycles. The van der Waals surface area contributed by atoms with Gasteiger partial charge in [0, 0.05) is 17.2 Å². The van der Waals surface area contributed by atoms with E-state index in [2.05, 4.69) is 10.9 Å². The van der Waals surface area contributed by atoms with Crippen LogP contribution in [0, 0.1) is 28.9 Å². The minimum atomic E-state index is -1.10. The Kier molecular flexibility index (Phi) is 4.60. The number of amides is 2. The lowest BCUT2D eigenvalue weighted by atomic mass is 9.79. The lowest BCUT2D eigenvalue weighted by Gasteiger charge is -2.23. The number of carbonyl (C=O) groups excluding carboxylic acids is 2. The maximum atomic E-state index is 12.3. The molecule has 26 heavy (non-hydrogen) atoms. The molecule has 10 heteroatoms. The largest absolute Gasteiger partial charge is 0.481 e. The second-order valence-corrected chi connectivity index (χ2v) is 6.38. The molecule has 2 amide bonds. The number of fused-ring (bicyclic) bond motifs is 2. The molecule has 1 aromatic rings. The van der Waals surface area contributed by atoms with Gasteiger partial charge >= 0.3 is 5.97 Å². The van der Waals surface area contributed by atoms with Crippen LogP contribution in [-0.2, 0) is 14.3 Å². The van der Waals surface area contributed by atoms with Crippen molar-refractivity contribution in [3.63, 3.8) is 0 Å². The van der Waals surface area contributed by atoms with Gasteiger partial charge in [0.15, 0.2) is 0 Å². The molecule has 1 aromatic carbocycles. The van der Waals surface area contributed by atoms with Crippen molar-refractivity contribution < 1.29 is 29.2 Å². The molecule has 3 rings (SSSR count). The van der Waals surface area contributed by atoms with E-state index in [1.54, 1.807) is 0 Å². The van der Waals surface area contributed by atoms with Gasteiger partial charge in [-0.1, -0.05) is 0 Å². The zero-order valence-electron chi connectivity index (χ0n) is 13.8. The highest BCUT2D eigenvalue weighted by atomic mass is 16.6. The number of nitro benzene ring substituents is 1. The van der Waals surface area contributed by atoms with Gasteiger partial charge in [-0.3, -0.25) is 35.3 Å². The van der Waals surface area contributed by atoms with E-state index in [1.807, 2.05) is 0 Å². The molecule has 0 saturated carbocycles. The van der Waals surface area contributed by atoms with Gasteiger partial charge in [-0.25, -0.2) is 0 Å². The SMILES string of the molecule is Cc1cc(C(=O)NNC(=O)C2C3CCC(O3)C2C(=O)O)ccc1[N+](=O)[O-]. The minimum absolute atomic E-state index is 0.117. The van der Waals surface area contributed by atoms with E-state index in [4.69, 9.17) is 4.74 Å². The van der Waals surface area contributed by atoms with Crippen LogP contribution in [0.25, 0.3) is 0 Å². The molecule has 0 radical (unpaired) electrons. The van der Waals surface area contributed by atoms with Crippen LogP contribution < -0.4 is 10.9 Å². The number of ether oxygens (including phenoxy) is 1. The third-order valence-corrected chi connectivity index (χ3v) is 4.82. The lowest BCUT2D eigenvalue weighted by molar-refractivity contribution is -0.385. The number of nitrogens with one attached hydrogen (secondary N) is 2. The van der Waals surface area contributed by atoms with Gasteiger partial charge in [-0.05, 0) is 31.9 Å². The molecule has 2 bridgehead atoms. The van der Waals surface area contributed by atoms with Gasteiger partial charge in [-0.2, -0.15) is 0 Å². The molecule has 0 aromatic heterocycles. The van der Waals surface area contributed by atoms with Crippen molar-refractivity contribution in [3.05, 3.63) is 39.4 Å². The molecular weight excluding hydrogens is 346 g/mol. The number of carboxylic acid groups (broad SMARTS) is 1. The first-order valence-corrected chi connectivity index (χ1v) is 8.03. The fraction of sp³-hybridized carbons (Fsp3) is 0.438. The van der Waals surface area contributed by atoms with Crippen molar-refractivity contribution in [1.82, 2.24) is 10.9 Å². The lowest BCUT2D eigenvalue weighted by Crippen LogP contribution is -2.50. The van der Waals surface area contributed by atoms with E-state index in [0.717, 1.165) is 0 Å². The first kappa shape index (κ1) is 17.8. The minimum Gasteiger partial charge on any atom is -0.481 e. The Morgan fingerprint density at radius 2 is 1.85 bits per heavy atom. The third-order valence-electron chi connectivity index (χ3n) is 4.82. The third kappa shape index (κ3) is 3.10. The molecular formula is C16H17N3O7. The zero-order chi connectivity index (χ0) is 19.0. The maximum absolute atomic E-state index is 12.3. The number of carbonyl (C=O) groups is 3. The molecule has 4 atom stereocenters. The van der Waals surface area contributed by atoms with E-state index in [-0.39, 0.29) is 11.3 Å². The highest BCUT2D eigenvalue weighted by molar-refractivity contribution is 5.96. The Balaban J connectivity index is 1.64. The van der Waals surface area contributed by atoms with Crippen LogP contribution in [0.1, 0.15) is 28.8 Å². The van der Waals surface area contributed by atoms with Gasteiger partial charge < -0.3 is 9.84 Å². The van der Waals surface area contributed by atoms with Gasteiger partial charge in [-0.15, -0.1) is 0 Å². The number of carboxylic acids is 1. The maximum Gasteiger partial charge on any atom is 0.310 e. The van der Waals surface area contributed by atoms with Gasteiger partial charge in [0.05, 0.1) is 29.0 Å². The van der Waals surface area contributed by atoms with Crippen molar-refractivity contribution in [2.24, 2.45) is 11.8 Å². The van der Waals surface area contributed by atoms with Crippen LogP contribution in [0.15, 0.2) is 18.2 Å². The van der Waals surface area contributed by atoms with E-state index in [1.165, 1.54) is 25.1 Å². The smallest absolute Gasteiger partial charge is 0.310 e. The summed E-state index contributed by atoms with van der Waals surface area (Å²) in [6, 6.07) is 3.81. The van der Waals surface area contributed by atoms with E-state index in [0.29, 0.717) is 18.4 Å². The molecule has 10 nitrogen and oxygen atoms in total. The summed E-state index contributed by atoms with van der Waals surface area (Å²) in [4.78, 5) is 46.1. The van der Waals surface area contributed by atoms with Gasteiger partial charge in [0.1, 0.15) is 0 Å². The monoisotopic (exact) mass is 363 g/mol. The Labute approximate surface area is 147 Å². The summed E-state index contributed by atoms with van der Waals surface area (Å²) in [7, 11) is 0. The second kappa shape index (κ2) is 6.71. The molecule has 0 spiro atoms. The van der Waals surface area contributed by atoms with Crippen LogP contribution in [0.2, 0.25) is 0 Å². The fourth-order valence-electron chi connectivity index (χ4n) is 3.60. The predicted octanol–water partition coefficient (Wildman–Crippen LogP) is 0.542. The van der Waals surface area contributed by atoms with Crippen molar-refractivity contribution in [3.8, 4) is 0 Å². The Morgan fingerprint density at radius 1 is 1.19 bits per heavy atom. The summed E-state index contributed by atoms with van der Waals surface area (Å²) in [5.41, 5.74) is 4.77. The average Bonchev–Trinajstić information content (AvgIpc) is 3.20. The zero-order valence-corrected chi connectivity index (χ0v) is 13.8. The standard InChI is InChI=1S/C16H17N3O7/c1-7-6-8(2-3-9(7)19(24)25)14(20)17-18-15(21)12-10-4-5-11(26-10)13(12)16(22)23/h2-3,6,10-13H,4-5H2,1H3,(H,17,20)(H,18,21)(H,22,23). The van der Waals surface area contributed by atoms with Crippen LogP contribution in [0.5, 0.6) is 0 Å². The Bertz CT molecular complexity index is 794. The van der Waals surface area contributed by atoms with E-state index < -0.39 is 46.8 Å². The highest BCUT2D eigenvalue weighted by Crippen LogP contribution is 2.43. The average molecular weight is 363 g/mol.